The van der Waals surface area contributed by atoms with Crippen LogP contribution in [0.3, 0.4) is 0 Å². The standard InChI is InChI=1S/C13H21NO2/c1-5-14(10-13(15-3)16-4)12-9-7-6-8-11(12)2/h6-9,13H,5,10H2,1-4H3. The number of nitrogens with zero attached hydrogens (tertiary/aromatic N) is 1. The Kier molecular flexibility index (Phi) is 5.29. The van der Waals surface area contributed by atoms with Crippen molar-refractivity contribution < 1.29 is 9.47 Å². The minimum Gasteiger partial charge on any atom is -0.367 e. The predicted octanol–water partition coefficient (Wildman–Crippen LogP) is 2.44. The third kappa shape index (κ3) is 3.22. The number of aryl methyl sites for hydroxylation is 1. The summed E-state index contributed by atoms with van der Waals surface area (Å²) >= 11 is 0. The quantitative estimate of drug-likeness (QED) is 0.691. The molecule has 0 aliphatic heterocycles. The van der Waals surface area contributed by atoms with Crippen LogP contribution in [0.1, 0.15) is 12.5 Å². The Morgan fingerprint density at radius 1 is 1.19 bits per heavy atom. The molecule has 1 aromatic carbocycles. The molecule has 0 bridgehead atoms. The van der Waals surface area contributed by atoms with E-state index in [4.69, 9.17) is 9.47 Å². The summed E-state index contributed by atoms with van der Waals surface area (Å²) in [6.45, 7) is 5.93. The Morgan fingerprint density at radius 2 is 1.81 bits per heavy atom. The maximum Gasteiger partial charge on any atom is 0.174 e. The van der Waals surface area contributed by atoms with Crippen LogP contribution in [0, 0.1) is 6.92 Å². The van der Waals surface area contributed by atoms with Crippen LogP contribution in [-0.2, 0) is 9.47 Å². The van der Waals surface area contributed by atoms with E-state index in [1.807, 2.05) is 0 Å². The van der Waals surface area contributed by atoms with E-state index in [0.717, 1.165) is 13.1 Å². The highest BCUT2D eigenvalue weighted by atomic mass is 16.7. The molecule has 16 heavy (non-hydrogen) atoms. The van der Waals surface area contributed by atoms with Gasteiger partial charge in [-0.3, -0.25) is 0 Å². The van der Waals surface area contributed by atoms with Crippen LogP contribution >= 0.6 is 0 Å². The minimum atomic E-state index is -0.181. The molecule has 0 aliphatic carbocycles. The summed E-state index contributed by atoms with van der Waals surface area (Å²) in [4.78, 5) is 2.26. The molecule has 0 saturated carbocycles. The molecule has 0 N–H and O–H groups in total. The van der Waals surface area contributed by atoms with Crippen molar-refractivity contribution in [3.8, 4) is 0 Å². The van der Waals surface area contributed by atoms with Crippen LogP contribution in [0.5, 0.6) is 0 Å². The number of ether oxygens (including phenoxy) is 2. The van der Waals surface area contributed by atoms with Gasteiger partial charge in [-0.15, -0.1) is 0 Å². The Balaban J connectivity index is 2.78. The highest BCUT2D eigenvalue weighted by Gasteiger charge is 2.13. The van der Waals surface area contributed by atoms with Gasteiger partial charge in [0.15, 0.2) is 6.29 Å². The van der Waals surface area contributed by atoms with Crippen molar-refractivity contribution in [3.05, 3.63) is 29.8 Å². The zero-order valence-corrected chi connectivity index (χ0v) is 10.6. The monoisotopic (exact) mass is 223 g/mol. The van der Waals surface area contributed by atoms with Gasteiger partial charge in [-0.2, -0.15) is 0 Å². The summed E-state index contributed by atoms with van der Waals surface area (Å²) in [6.07, 6.45) is -0.181. The average Bonchev–Trinajstić information content (AvgIpc) is 2.32. The smallest absolute Gasteiger partial charge is 0.174 e. The molecule has 0 unspecified atom stereocenters. The maximum atomic E-state index is 5.23. The number of hydrogen-bond donors (Lipinski definition) is 0. The lowest BCUT2D eigenvalue weighted by Gasteiger charge is -2.28. The number of benzene rings is 1. The second kappa shape index (κ2) is 6.51. The molecule has 0 spiro atoms. The van der Waals surface area contributed by atoms with Gasteiger partial charge in [0, 0.05) is 26.5 Å². The van der Waals surface area contributed by atoms with Crippen molar-refractivity contribution in [3.63, 3.8) is 0 Å². The molecule has 1 rings (SSSR count). The first kappa shape index (κ1) is 13.0. The van der Waals surface area contributed by atoms with Crippen molar-refractivity contribution in [2.75, 3.05) is 32.2 Å². The van der Waals surface area contributed by atoms with Gasteiger partial charge in [0.1, 0.15) is 0 Å². The zero-order valence-electron chi connectivity index (χ0n) is 10.6. The molecule has 0 aromatic heterocycles. The van der Waals surface area contributed by atoms with E-state index >= 15 is 0 Å². The van der Waals surface area contributed by atoms with Gasteiger partial charge in [-0.1, -0.05) is 18.2 Å². The zero-order chi connectivity index (χ0) is 12.0. The molecule has 0 radical (unpaired) electrons. The van der Waals surface area contributed by atoms with E-state index < -0.39 is 0 Å². The van der Waals surface area contributed by atoms with E-state index in [2.05, 4.69) is 43.0 Å². The highest BCUT2D eigenvalue weighted by molar-refractivity contribution is 5.52. The second-order valence-electron chi connectivity index (χ2n) is 3.73. The molecule has 0 atom stereocenters. The highest BCUT2D eigenvalue weighted by Crippen LogP contribution is 2.19. The lowest BCUT2D eigenvalue weighted by atomic mass is 10.2. The number of likely N-dealkylation sites (N-methyl/N-ethyl adjacent to an activating group) is 1. The van der Waals surface area contributed by atoms with Crippen LogP contribution in [0.15, 0.2) is 24.3 Å². The van der Waals surface area contributed by atoms with Gasteiger partial charge < -0.3 is 14.4 Å². The van der Waals surface area contributed by atoms with Gasteiger partial charge in [0.25, 0.3) is 0 Å². The summed E-state index contributed by atoms with van der Waals surface area (Å²) in [5.41, 5.74) is 2.51. The van der Waals surface area contributed by atoms with Crippen molar-refractivity contribution in [2.45, 2.75) is 20.1 Å². The van der Waals surface area contributed by atoms with Crippen molar-refractivity contribution in [1.29, 1.82) is 0 Å². The summed E-state index contributed by atoms with van der Waals surface area (Å²) in [5.74, 6) is 0. The lowest BCUT2D eigenvalue weighted by Crippen LogP contribution is -2.34. The SMILES string of the molecule is CCN(CC(OC)OC)c1ccccc1C. The van der Waals surface area contributed by atoms with E-state index in [0.29, 0.717) is 0 Å². The molecule has 90 valence electrons. The first-order valence-electron chi connectivity index (χ1n) is 5.59. The molecule has 3 heteroatoms. The number of para-hydroxylation sites is 1. The molecule has 0 fully saturated rings. The van der Waals surface area contributed by atoms with Crippen molar-refractivity contribution in [2.24, 2.45) is 0 Å². The van der Waals surface area contributed by atoms with Gasteiger partial charge in [-0.25, -0.2) is 0 Å². The van der Waals surface area contributed by atoms with Crippen LogP contribution < -0.4 is 4.90 Å². The van der Waals surface area contributed by atoms with E-state index in [-0.39, 0.29) is 6.29 Å². The van der Waals surface area contributed by atoms with Crippen LogP contribution in [0.4, 0.5) is 5.69 Å². The van der Waals surface area contributed by atoms with Crippen LogP contribution in [0.2, 0.25) is 0 Å². The fourth-order valence-electron chi connectivity index (χ4n) is 1.74. The molecule has 0 heterocycles. The van der Waals surface area contributed by atoms with Gasteiger partial charge in [0.2, 0.25) is 0 Å². The number of anilines is 1. The van der Waals surface area contributed by atoms with Crippen molar-refractivity contribution >= 4 is 5.69 Å². The topological polar surface area (TPSA) is 21.7 Å². The first-order chi connectivity index (χ1) is 7.72. The Bertz CT molecular complexity index is 311. The molecule has 0 saturated heterocycles. The molecule has 1 aromatic rings. The average molecular weight is 223 g/mol. The summed E-state index contributed by atoms with van der Waals surface area (Å²) in [5, 5.41) is 0. The Labute approximate surface area is 98.0 Å². The Morgan fingerprint density at radius 3 is 2.31 bits per heavy atom. The van der Waals surface area contributed by atoms with Crippen molar-refractivity contribution in [1.82, 2.24) is 0 Å². The maximum absolute atomic E-state index is 5.23. The summed E-state index contributed by atoms with van der Waals surface area (Å²) in [6, 6.07) is 8.35. The summed E-state index contributed by atoms with van der Waals surface area (Å²) in [7, 11) is 3.33. The van der Waals surface area contributed by atoms with Gasteiger partial charge in [-0.05, 0) is 25.5 Å². The molecular weight excluding hydrogens is 202 g/mol. The molecule has 3 nitrogen and oxygen atoms in total. The predicted molar refractivity (Wildman–Crippen MR) is 66.9 cm³/mol. The second-order valence-corrected chi connectivity index (χ2v) is 3.73. The number of methoxy groups -OCH3 is 2. The first-order valence-corrected chi connectivity index (χ1v) is 5.59. The fourth-order valence-corrected chi connectivity index (χ4v) is 1.74. The van der Waals surface area contributed by atoms with Gasteiger partial charge >= 0.3 is 0 Å². The lowest BCUT2D eigenvalue weighted by molar-refractivity contribution is -0.0948. The third-order valence-electron chi connectivity index (χ3n) is 2.73. The van der Waals surface area contributed by atoms with Crippen LogP contribution in [0.25, 0.3) is 0 Å². The Hall–Kier alpha value is -1.06. The third-order valence-corrected chi connectivity index (χ3v) is 2.73. The fraction of sp³-hybridized carbons (Fsp3) is 0.538. The van der Waals surface area contributed by atoms with E-state index in [1.165, 1.54) is 11.3 Å². The summed E-state index contributed by atoms with van der Waals surface area (Å²) < 4.78 is 10.5. The minimum absolute atomic E-state index is 0.181. The van der Waals surface area contributed by atoms with E-state index in [9.17, 15) is 0 Å². The normalized spacial score (nSPS) is 10.8. The van der Waals surface area contributed by atoms with Crippen LogP contribution in [-0.4, -0.2) is 33.6 Å². The van der Waals surface area contributed by atoms with E-state index in [1.54, 1.807) is 14.2 Å². The molecule has 0 aliphatic rings. The van der Waals surface area contributed by atoms with Gasteiger partial charge in [0.05, 0.1) is 6.54 Å². The number of rotatable bonds is 6. The molecule has 0 amide bonds. The molecular formula is C13H21NO2. The number of hydrogen-bond acceptors (Lipinski definition) is 3. The largest absolute Gasteiger partial charge is 0.367 e.